The number of amides is 2. The largest absolute Gasteiger partial charge is 0.369 e. The van der Waals surface area contributed by atoms with Crippen LogP contribution in [0.5, 0.6) is 0 Å². The summed E-state index contributed by atoms with van der Waals surface area (Å²) in [5.74, 6) is -0.828. The number of anilines is 1. The molecule has 1 aliphatic rings. The van der Waals surface area contributed by atoms with Crippen LogP contribution in [0.1, 0.15) is 18.4 Å². The van der Waals surface area contributed by atoms with Gasteiger partial charge in [-0.05, 0) is 5.56 Å². The average Bonchev–Trinajstić information content (AvgIpc) is 3.22. The fourth-order valence-corrected chi connectivity index (χ4v) is 2.42. The lowest BCUT2D eigenvalue weighted by Crippen LogP contribution is -2.25. The van der Waals surface area contributed by atoms with E-state index in [2.05, 4.69) is 15.0 Å². The average molecular weight is 356 g/mol. The number of aromatic amines is 1. The minimum Gasteiger partial charge on any atom is -0.369 e. The van der Waals surface area contributed by atoms with Crippen molar-refractivity contribution in [2.24, 2.45) is 0 Å². The molecule has 0 bridgehead atoms. The summed E-state index contributed by atoms with van der Waals surface area (Å²) in [6, 6.07) is 9.61. The van der Waals surface area contributed by atoms with Crippen LogP contribution in [0.15, 0.2) is 41.5 Å². The minimum absolute atomic E-state index is 0.148. The van der Waals surface area contributed by atoms with Gasteiger partial charge in [0.25, 0.3) is 17.4 Å². The number of nitrogens with one attached hydrogen (secondary N) is 1. The first-order chi connectivity index (χ1) is 12.5. The molecule has 1 aliphatic heterocycles. The molecule has 0 saturated carbocycles. The molecule has 26 heavy (non-hydrogen) atoms. The number of H-pyrrole nitrogens is 1. The third-order valence-electron chi connectivity index (χ3n) is 3.78. The Bertz CT molecular complexity index is 995. The van der Waals surface area contributed by atoms with Gasteiger partial charge in [0, 0.05) is 12.8 Å². The van der Waals surface area contributed by atoms with Crippen molar-refractivity contribution in [3.05, 3.63) is 52.6 Å². The molecule has 4 N–H and O–H groups in total. The van der Waals surface area contributed by atoms with Crippen molar-refractivity contribution in [2.45, 2.75) is 19.4 Å². The summed E-state index contributed by atoms with van der Waals surface area (Å²) < 4.78 is 1.42. The van der Waals surface area contributed by atoms with Crippen LogP contribution in [-0.4, -0.2) is 41.6 Å². The molecule has 2 amide bonds. The van der Waals surface area contributed by atoms with E-state index >= 15 is 0 Å². The predicted octanol–water partition coefficient (Wildman–Crippen LogP) is 0.275. The molecule has 3 aromatic rings. The summed E-state index contributed by atoms with van der Waals surface area (Å²) >= 11 is 0. The molecule has 0 aliphatic carbocycles. The maximum Gasteiger partial charge on any atom is 0.283 e. The number of hydrogen-bond acceptors (Lipinski definition) is 7. The molecule has 3 heterocycles. The van der Waals surface area contributed by atoms with Gasteiger partial charge in [0.15, 0.2) is 11.2 Å². The van der Waals surface area contributed by atoms with E-state index in [9.17, 15) is 14.4 Å². The molecular formula is C16H16N6O4. The van der Waals surface area contributed by atoms with Crippen molar-refractivity contribution in [1.29, 1.82) is 0 Å². The van der Waals surface area contributed by atoms with Gasteiger partial charge in [-0.2, -0.15) is 10.0 Å². The number of benzene rings is 1. The number of fused-ring (bicyclic) bond motifs is 1. The Morgan fingerprint density at radius 3 is 2.35 bits per heavy atom. The van der Waals surface area contributed by atoms with E-state index in [0.29, 0.717) is 17.7 Å². The van der Waals surface area contributed by atoms with Crippen LogP contribution < -0.4 is 11.3 Å². The van der Waals surface area contributed by atoms with Crippen molar-refractivity contribution in [3.63, 3.8) is 0 Å². The lowest BCUT2D eigenvalue weighted by atomic mass is 10.2. The number of hydroxylamine groups is 2. The van der Waals surface area contributed by atoms with E-state index in [1.807, 2.05) is 30.3 Å². The normalized spacial score (nSPS) is 13.8. The highest BCUT2D eigenvalue weighted by Gasteiger charge is 2.26. The van der Waals surface area contributed by atoms with Crippen molar-refractivity contribution in [1.82, 2.24) is 24.6 Å². The van der Waals surface area contributed by atoms with Gasteiger partial charge in [-0.3, -0.25) is 24.2 Å². The van der Waals surface area contributed by atoms with E-state index in [1.165, 1.54) is 10.9 Å². The summed E-state index contributed by atoms with van der Waals surface area (Å²) in [5.41, 5.74) is 7.28. The summed E-state index contributed by atoms with van der Waals surface area (Å²) in [5, 5.41) is 8.57. The van der Waals surface area contributed by atoms with Crippen LogP contribution in [0.2, 0.25) is 0 Å². The van der Waals surface area contributed by atoms with Gasteiger partial charge in [-0.15, -0.1) is 0 Å². The zero-order chi connectivity index (χ0) is 18.7. The SMILES string of the molecule is Nc1nc2[nH]cnc2c(=O)n1Cc1ccccc1.O=C1CCC(=O)N1O. The number of imidazole rings is 1. The second kappa shape index (κ2) is 7.15. The fourth-order valence-electron chi connectivity index (χ4n) is 2.42. The standard InChI is InChI=1S/C12H11N5O.C4H5NO3/c13-12-16-10-9(14-7-15-10)11(18)17(12)6-8-4-2-1-3-5-8;6-3-1-2-4(7)5(3)8/h1-5,7H,6H2,(H2,13,16)(H,14,15);8H,1-2H2. The molecule has 1 aromatic carbocycles. The van der Waals surface area contributed by atoms with Gasteiger partial charge < -0.3 is 10.7 Å². The van der Waals surface area contributed by atoms with Crippen molar-refractivity contribution < 1.29 is 14.8 Å². The first kappa shape index (κ1) is 17.3. The number of carbonyl (C=O) groups excluding carboxylic acids is 2. The number of rotatable bonds is 2. The molecule has 0 spiro atoms. The topological polar surface area (TPSA) is 147 Å². The smallest absolute Gasteiger partial charge is 0.283 e. The molecule has 0 unspecified atom stereocenters. The first-order valence-corrected chi connectivity index (χ1v) is 7.75. The van der Waals surface area contributed by atoms with Crippen molar-refractivity contribution >= 4 is 28.9 Å². The highest BCUT2D eigenvalue weighted by atomic mass is 16.5. The Labute approximate surface area is 146 Å². The lowest BCUT2D eigenvalue weighted by Gasteiger charge is -2.08. The van der Waals surface area contributed by atoms with E-state index in [-0.39, 0.29) is 29.4 Å². The van der Waals surface area contributed by atoms with Crippen LogP contribution in [0.3, 0.4) is 0 Å². The number of nitrogens with two attached hydrogens (primary N) is 1. The Balaban J connectivity index is 0.000000206. The number of hydrogen-bond donors (Lipinski definition) is 3. The molecule has 1 fully saturated rings. The second-order valence-electron chi connectivity index (χ2n) is 5.55. The Morgan fingerprint density at radius 1 is 1.12 bits per heavy atom. The number of aromatic nitrogens is 4. The molecule has 1 saturated heterocycles. The first-order valence-electron chi connectivity index (χ1n) is 7.75. The van der Waals surface area contributed by atoms with Crippen LogP contribution in [0.25, 0.3) is 11.2 Å². The highest BCUT2D eigenvalue weighted by molar-refractivity contribution is 6.00. The zero-order valence-electron chi connectivity index (χ0n) is 13.6. The van der Waals surface area contributed by atoms with Gasteiger partial charge in [-0.1, -0.05) is 30.3 Å². The quantitative estimate of drug-likeness (QED) is 0.441. The van der Waals surface area contributed by atoms with Gasteiger partial charge in [0.1, 0.15) is 0 Å². The van der Waals surface area contributed by atoms with Gasteiger partial charge in [0.05, 0.1) is 12.9 Å². The number of carbonyl (C=O) groups is 2. The molecule has 0 radical (unpaired) electrons. The van der Waals surface area contributed by atoms with Gasteiger partial charge in [-0.25, -0.2) is 4.98 Å². The lowest BCUT2D eigenvalue weighted by molar-refractivity contribution is -0.171. The number of nitrogens with zero attached hydrogens (tertiary/aromatic N) is 4. The maximum absolute atomic E-state index is 12.2. The number of imide groups is 1. The summed E-state index contributed by atoms with van der Waals surface area (Å²) in [7, 11) is 0. The number of nitrogen functional groups attached to an aromatic ring is 1. The molecule has 2 aromatic heterocycles. The fraction of sp³-hybridized carbons (Fsp3) is 0.188. The Hall–Kier alpha value is -3.53. The van der Waals surface area contributed by atoms with Gasteiger partial charge >= 0.3 is 0 Å². The molecular weight excluding hydrogens is 340 g/mol. The highest BCUT2D eigenvalue weighted by Crippen LogP contribution is 2.08. The Kier molecular flexibility index (Phi) is 4.76. The minimum atomic E-state index is -0.505. The van der Waals surface area contributed by atoms with Gasteiger partial charge in [0.2, 0.25) is 5.95 Å². The zero-order valence-corrected chi connectivity index (χ0v) is 13.6. The predicted molar refractivity (Wildman–Crippen MR) is 91.0 cm³/mol. The van der Waals surface area contributed by atoms with Crippen molar-refractivity contribution in [3.8, 4) is 0 Å². The summed E-state index contributed by atoms with van der Waals surface area (Å²) in [6.07, 6.45) is 1.73. The summed E-state index contributed by atoms with van der Waals surface area (Å²) in [4.78, 5) is 43.5. The summed E-state index contributed by atoms with van der Waals surface area (Å²) in [6.45, 7) is 0.390. The van der Waals surface area contributed by atoms with Crippen LogP contribution >= 0.6 is 0 Å². The van der Waals surface area contributed by atoms with E-state index in [0.717, 1.165) is 5.56 Å². The van der Waals surface area contributed by atoms with Crippen LogP contribution in [0.4, 0.5) is 5.95 Å². The van der Waals surface area contributed by atoms with Crippen LogP contribution in [-0.2, 0) is 16.1 Å². The second-order valence-corrected chi connectivity index (χ2v) is 5.55. The van der Waals surface area contributed by atoms with Crippen LogP contribution in [0, 0.1) is 0 Å². The van der Waals surface area contributed by atoms with E-state index < -0.39 is 11.8 Å². The van der Waals surface area contributed by atoms with Crippen molar-refractivity contribution in [2.75, 3.05) is 5.73 Å². The Morgan fingerprint density at radius 2 is 1.77 bits per heavy atom. The molecule has 4 rings (SSSR count). The monoisotopic (exact) mass is 356 g/mol. The molecule has 0 atom stereocenters. The molecule has 134 valence electrons. The third kappa shape index (κ3) is 3.44. The molecule has 10 nitrogen and oxygen atoms in total. The molecule has 10 heteroatoms. The van der Waals surface area contributed by atoms with E-state index in [4.69, 9.17) is 10.9 Å². The third-order valence-corrected chi connectivity index (χ3v) is 3.78. The maximum atomic E-state index is 12.2. The van der Waals surface area contributed by atoms with E-state index in [1.54, 1.807) is 0 Å².